The predicted molar refractivity (Wildman–Crippen MR) is 170 cm³/mol. The summed E-state index contributed by atoms with van der Waals surface area (Å²) in [6, 6.07) is 1.31. The predicted octanol–water partition coefficient (Wildman–Crippen LogP) is 6.24. The van der Waals surface area contributed by atoms with E-state index in [1.54, 1.807) is 0 Å². The lowest BCUT2D eigenvalue weighted by molar-refractivity contribution is -0.0891. The number of nitrogens with zero attached hydrogens (tertiary/aromatic N) is 1. The summed E-state index contributed by atoms with van der Waals surface area (Å²) in [7, 11) is -7.11. The molecule has 8 nitrogen and oxygen atoms in total. The van der Waals surface area contributed by atoms with Gasteiger partial charge in [-0.1, -0.05) is 68.2 Å². The van der Waals surface area contributed by atoms with Gasteiger partial charge in [-0.25, -0.2) is 4.79 Å². The highest BCUT2D eigenvalue weighted by atomic mass is 28.4. The highest BCUT2D eigenvalue weighted by Crippen LogP contribution is 2.49. The first-order valence-electron chi connectivity index (χ1n) is 14.2. The van der Waals surface area contributed by atoms with Crippen molar-refractivity contribution < 1.29 is 18.0 Å². The summed E-state index contributed by atoms with van der Waals surface area (Å²) in [5, 5.41) is -0.306. The number of rotatable bonds is 8. The van der Waals surface area contributed by atoms with Crippen molar-refractivity contribution in [3.63, 3.8) is 0 Å². The van der Waals surface area contributed by atoms with E-state index in [4.69, 9.17) is 24.4 Å². The maximum Gasteiger partial charge on any atom is 0.330 e. The maximum absolute atomic E-state index is 13.1. The number of hydrogen-bond acceptors (Lipinski definition) is 6. The van der Waals surface area contributed by atoms with Crippen molar-refractivity contribution in [2.45, 2.75) is 141 Å². The second-order valence-corrected chi connectivity index (χ2v) is 30.1. The normalized spacial score (nSPS) is 25.2. The van der Waals surface area contributed by atoms with Gasteiger partial charge in [-0.05, 0) is 54.4 Å². The molecule has 0 bridgehead atoms. The zero-order chi connectivity index (χ0) is 31.3. The van der Waals surface area contributed by atoms with E-state index in [9.17, 15) is 9.59 Å². The van der Waals surface area contributed by atoms with Crippen LogP contribution in [0.2, 0.25) is 54.4 Å². The smallest absolute Gasteiger partial charge is 0.330 e. The number of aromatic amines is 1. The summed E-state index contributed by atoms with van der Waals surface area (Å²) in [6.07, 6.45) is 5.45. The molecular formula is C29H54N2O6Si3. The fourth-order valence-corrected chi connectivity index (χ4v) is 7.27. The number of nitrogens with one attached hydrogen (secondary N) is 1. The van der Waals surface area contributed by atoms with Crippen LogP contribution in [0.3, 0.4) is 0 Å². The molecule has 0 spiro atoms. The third-order valence-electron chi connectivity index (χ3n) is 9.66. The summed E-state index contributed by atoms with van der Waals surface area (Å²) in [4.78, 5) is 27.4. The number of terminal acetylenes is 1. The van der Waals surface area contributed by atoms with Crippen LogP contribution in [0.1, 0.15) is 68.5 Å². The van der Waals surface area contributed by atoms with Crippen LogP contribution in [0.5, 0.6) is 0 Å². The highest BCUT2D eigenvalue weighted by Gasteiger charge is 2.61. The Balaban J connectivity index is 2.82. The third-order valence-corrected chi connectivity index (χ3v) is 23.1. The Morgan fingerprint density at radius 3 is 1.80 bits per heavy atom. The van der Waals surface area contributed by atoms with Crippen LogP contribution < -0.4 is 11.2 Å². The molecule has 0 radical (unpaired) electrons. The van der Waals surface area contributed by atoms with Crippen LogP contribution in [-0.2, 0) is 18.0 Å². The Morgan fingerprint density at radius 2 is 1.38 bits per heavy atom. The first kappa shape index (κ1) is 34.9. The standard InChI is InChI=1S/C29H54N2O6Si3/c1-17-29(20-34-38(11,12)26(2,3)4)23(37-40(15,16)28(8,9)10)22(36-39(13,14)27(5,6)7)24(35-29)31-19-18-21(32)30-25(31)33/h1,18-19,22-24H,20H2,2-16H3,(H,30,32,33)/t22-,23+,24-,29-/m1/s1. The molecule has 1 saturated heterocycles. The van der Waals surface area contributed by atoms with Crippen molar-refractivity contribution in [1.29, 1.82) is 0 Å². The molecule has 2 heterocycles. The van der Waals surface area contributed by atoms with Gasteiger partial charge in [0.1, 0.15) is 12.2 Å². The van der Waals surface area contributed by atoms with Crippen LogP contribution in [0.4, 0.5) is 0 Å². The molecule has 0 amide bonds. The Kier molecular flexibility index (Phi) is 9.69. The number of ether oxygens (including phenoxy) is 1. The molecule has 1 N–H and O–H groups in total. The molecule has 1 aliphatic heterocycles. The van der Waals surface area contributed by atoms with E-state index < -0.39 is 60.2 Å². The molecule has 1 aromatic rings. The highest BCUT2D eigenvalue weighted by molar-refractivity contribution is 6.75. The van der Waals surface area contributed by atoms with Crippen LogP contribution in [0.15, 0.2) is 21.9 Å². The maximum atomic E-state index is 13.1. The molecule has 1 aliphatic rings. The second kappa shape index (κ2) is 11.1. The van der Waals surface area contributed by atoms with E-state index in [0.29, 0.717) is 0 Å². The van der Waals surface area contributed by atoms with Gasteiger partial charge in [0.2, 0.25) is 0 Å². The van der Waals surface area contributed by atoms with Crippen LogP contribution in [0, 0.1) is 12.3 Å². The fraction of sp³-hybridized carbons (Fsp3) is 0.793. The van der Waals surface area contributed by atoms with Crippen molar-refractivity contribution in [3.05, 3.63) is 33.1 Å². The van der Waals surface area contributed by atoms with Crippen LogP contribution in [0.25, 0.3) is 0 Å². The van der Waals surface area contributed by atoms with E-state index in [1.807, 2.05) is 0 Å². The van der Waals surface area contributed by atoms with Gasteiger partial charge in [0, 0.05) is 12.3 Å². The summed E-state index contributed by atoms with van der Waals surface area (Å²) < 4.78 is 29.0. The van der Waals surface area contributed by atoms with Gasteiger partial charge in [-0.2, -0.15) is 0 Å². The molecule has 1 fully saturated rings. The first-order chi connectivity index (χ1) is 17.7. The van der Waals surface area contributed by atoms with Gasteiger partial charge in [0.05, 0.1) is 6.61 Å². The molecule has 11 heteroatoms. The van der Waals surface area contributed by atoms with E-state index >= 15 is 0 Å². The van der Waals surface area contributed by atoms with E-state index in [2.05, 4.69) is 113 Å². The molecule has 1 aromatic heterocycles. The van der Waals surface area contributed by atoms with Gasteiger partial charge in [0.15, 0.2) is 36.8 Å². The molecule has 228 valence electrons. The number of H-pyrrole nitrogens is 1. The summed E-state index contributed by atoms with van der Waals surface area (Å²) in [5.74, 6) is 2.93. The topological polar surface area (TPSA) is 91.8 Å². The van der Waals surface area contributed by atoms with Crippen molar-refractivity contribution in [3.8, 4) is 12.3 Å². The Morgan fingerprint density at radius 1 is 0.900 bits per heavy atom. The van der Waals surface area contributed by atoms with Crippen molar-refractivity contribution in [1.82, 2.24) is 9.55 Å². The molecule has 0 saturated carbocycles. The molecule has 4 atom stereocenters. The SMILES string of the molecule is C#C[C@]1(CO[Si](C)(C)C(C)(C)C)O[C@@H](n2ccc(=O)[nH]c2=O)[C@H](O[Si](C)(C)C(C)(C)C)[C@@H]1O[Si](C)(C)C(C)(C)C. The van der Waals surface area contributed by atoms with Crippen molar-refractivity contribution >= 4 is 25.0 Å². The molecule has 0 unspecified atom stereocenters. The lowest BCUT2D eigenvalue weighted by atomic mass is 9.97. The average Bonchev–Trinajstić information content (AvgIpc) is 3.02. The fourth-order valence-electron chi connectivity index (χ4n) is 3.68. The number of hydrogen-bond donors (Lipinski definition) is 1. The van der Waals surface area contributed by atoms with Crippen LogP contribution >= 0.6 is 0 Å². The zero-order valence-electron chi connectivity index (χ0n) is 27.6. The second-order valence-electron chi connectivity index (χ2n) is 15.8. The minimum absolute atomic E-state index is 0.0521. The average molecular weight is 611 g/mol. The Hall–Kier alpha value is -1.27. The monoisotopic (exact) mass is 610 g/mol. The lowest BCUT2D eigenvalue weighted by Crippen LogP contribution is -2.58. The van der Waals surface area contributed by atoms with Crippen molar-refractivity contribution in [2.75, 3.05) is 6.61 Å². The van der Waals surface area contributed by atoms with Gasteiger partial charge in [0.25, 0.3) is 5.56 Å². The molecule has 0 aromatic carbocycles. The van der Waals surface area contributed by atoms with Gasteiger partial charge in [-0.3, -0.25) is 14.3 Å². The quantitative estimate of drug-likeness (QED) is 0.277. The molecular weight excluding hydrogens is 557 g/mol. The minimum Gasteiger partial charge on any atom is -0.413 e. The first-order valence-corrected chi connectivity index (χ1v) is 22.9. The van der Waals surface area contributed by atoms with Gasteiger partial charge in [-0.15, -0.1) is 6.42 Å². The van der Waals surface area contributed by atoms with Crippen molar-refractivity contribution in [2.24, 2.45) is 0 Å². The Labute approximate surface area is 244 Å². The molecule has 40 heavy (non-hydrogen) atoms. The third kappa shape index (κ3) is 7.02. The number of aromatic nitrogens is 2. The lowest BCUT2D eigenvalue weighted by Gasteiger charge is -2.46. The van der Waals surface area contributed by atoms with Crippen LogP contribution in [-0.4, -0.2) is 58.9 Å². The van der Waals surface area contributed by atoms with Gasteiger partial charge < -0.3 is 18.0 Å². The zero-order valence-corrected chi connectivity index (χ0v) is 30.6. The summed E-state index contributed by atoms with van der Waals surface area (Å²) in [6.45, 7) is 32.6. The summed E-state index contributed by atoms with van der Waals surface area (Å²) in [5.41, 5.74) is -2.40. The Bertz CT molecular complexity index is 1210. The van der Waals surface area contributed by atoms with E-state index in [1.165, 1.54) is 16.8 Å². The molecule has 2 rings (SSSR count). The van der Waals surface area contributed by atoms with E-state index in [0.717, 1.165) is 0 Å². The largest absolute Gasteiger partial charge is 0.413 e. The minimum atomic E-state index is -2.43. The van der Waals surface area contributed by atoms with E-state index in [-0.39, 0.29) is 21.7 Å². The summed E-state index contributed by atoms with van der Waals surface area (Å²) >= 11 is 0. The van der Waals surface area contributed by atoms with Gasteiger partial charge >= 0.3 is 5.69 Å². The molecule has 0 aliphatic carbocycles.